The van der Waals surface area contributed by atoms with Crippen LogP contribution in [0, 0.1) is 17.1 Å². The molecule has 1 fully saturated rings. The Morgan fingerprint density at radius 1 is 1.02 bits per heavy atom. The lowest BCUT2D eigenvalue weighted by Gasteiger charge is -2.21. The number of rotatable bonds is 9. The molecule has 0 bridgehead atoms. The molecule has 214 valence electrons. The van der Waals surface area contributed by atoms with E-state index >= 15 is 0 Å². The van der Waals surface area contributed by atoms with Crippen molar-refractivity contribution in [1.82, 2.24) is 10.3 Å². The van der Waals surface area contributed by atoms with Crippen molar-refractivity contribution in [3.63, 3.8) is 0 Å². The van der Waals surface area contributed by atoms with Crippen molar-refractivity contribution in [2.45, 2.75) is 63.5 Å². The summed E-state index contributed by atoms with van der Waals surface area (Å²) >= 11 is 6.78. The molecular weight excluding hydrogens is 553 g/mol. The molecule has 6 rings (SSSR count). The summed E-state index contributed by atoms with van der Waals surface area (Å²) in [5, 5.41) is 23.4. The first-order valence-corrected chi connectivity index (χ1v) is 14.6. The van der Waals surface area contributed by atoms with Gasteiger partial charge >= 0.3 is 0 Å². The van der Waals surface area contributed by atoms with Gasteiger partial charge in [-0.1, -0.05) is 48.0 Å². The van der Waals surface area contributed by atoms with Crippen molar-refractivity contribution in [1.29, 1.82) is 5.26 Å². The Bertz CT molecular complexity index is 1640. The van der Waals surface area contributed by atoms with E-state index < -0.39 is 0 Å². The number of ether oxygens (including phenoxy) is 2. The summed E-state index contributed by atoms with van der Waals surface area (Å²) in [5.74, 6) is 0.842. The van der Waals surface area contributed by atoms with Gasteiger partial charge in [0.05, 0.1) is 16.7 Å². The van der Waals surface area contributed by atoms with Crippen molar-refractivity contribution in [2.75, 3.05) is 0 Å². The number of nitriles is 1. The summed E-state index contributed by atoms with van der Waals surface area (Å²) in [5.41, 5.74) is 5.64. The molecule has 0 aliphatic heterocycles. The third-order valence-electron chi connectivity index (χ3n) is 8.12. The van der Waals surface area contributed by atoms with E-state index in [1.54, 1.807) is 24.4 Å². The molecule has 2 aliphatic rings. The third kappa shape index (κ3) is 5.98. The fourth-order valence-electron chi connectivity index (χ4n) is 5.97. The Labute approximate surface area is 249 Å². The zero-order valence-corrected chi connectivity index (χ0v) is 23.8. The number of aliphatic hydroxyl groups excluding tert-OH is 1. The standard InChI is InChI=1S/C34H31ClFN3O3/c35-28-14-23(19-39-30-9-4-10-31(30)40)33(41-20-22-13-21(16-37)17-38-18-22)15-34(28)42-32-12-11-25-24(6-3-7-27(25)32)26-5-1-2-8-29(26)36/h1-3,5-8,13-15,17-18,30-32,39-40H,4,9-12,19-20H2/t30-,31-,32-/m0/s1. The zero-order chi connectivity index (χ0) is 29.1. The number of nitrogens with one attached hydrogen (secondary N) is 1. The Morgan fingerprint density at radius 2 is 1.88 bits per heavy atom. The van der Waals surface area contributed by atoms with Gasteiger partial charge in [0, 0.05) is 47.7 Å². The second-order valence-corrected chi connectivity index (χ2v) is 11.3. The van der Waals surface area contributed by atoms with E-state index in [2.05, 4.69) is 16.4 Å². The molecule has 0 unspecified atom stereocenters. The molecule has 0 amide bonds. The Balaban J connectivity index is 1.27. The molecule has 0 spiro atoms. The molecule has 8 heteroatoms. The molecule has 1 saturated carbocycles. The first-order valence-electron chi connectivity index (χ1n) is 14.2. The van der Waals surface area contributed by atoms with Crippen molar-refractivity contribution in [3.05, 3.63) is 112 Å². The van der Waals surface area contributed by atoms with Crippen LogP contribution in [-0.2, 0) is 19.6 Å². The van der Waals surface area contributed by atoms with Crippen LogP contribution < -0.4 is 14.8 Å². The molecule has 0 radical (unpaired) electrons. The Hall–Kier alpha value is -3.96. The lowest BCUT2D eigenvalue weighted by molar-refractivity contribution is 0.148. The lowest BCUT2D eigenvalue weighted by atomic mass is 9.96. The summed E-state index contributed by atoms with van der Waals surface area (Å²) in [6, 6.07) is 20.3. The topological polar surface area (TPSA) is 87.4 Å². The number of nitrogens with zero attached hydrogens (tertiary/aromatic N) is 2. The maximum Gasteiger partial charge on any atom is 0.142 e. The molecule has 6 nitrogen and oxygen atoms in total. The monoisotopic (exact) mass is 583 g/mol. The minimum atomic E-state index is -0.371. The number of halogens is 2. The number of hydrogen-bond acceptors (Lipinski definition) is 6. The van der Waals surface area contributed by atoms with Gasteiger partial charge in [-0.25, -0.2) is 4.39 Å². The van der Waals surface area contributed by atoms with E-state index in [-0.39, 0.29) is 30.7 Å². The van der Waals surface area contributed by atoms with Crippen molar-refractivity contribution < 1.29 is 19.0 Å². The van der Waals surface area contributed by atoms with Gasteiger partial charge in [0.15, 0.2) is 0 Å². The van der Waals surface area contributed by atoms with Crippen LogP contribution in [-0.4, -0.2) is 22.2 Å². The SMILES string of the molecule is N#Cc1cncc(COc2cc(O[C@H]3CCc4c(-c5ccccc5F)cccc43)c(Cl)cc2CN[C@H]2CCC[C@@H]2O)c1. The molecule has 1 aromatic heterocycles. The molecule has 2 aliphatic carbocycles. The largest absolute Gasteiger partial charge is 0.488 e. The highest BCUT2D eigenvalue weighted by atomic mass is 35.5. The molecule has 0 saturated heterocycles. The number of fused-ring (bicyclic) bond motifs is 1. The molecule has 3 atom stereocenters. The van der Waals surface area contributed by atoms with Crippen molar-refractivity contribution >= 4 is 11.6 Å². The smallest absolute Gasteiger partial charge is 0.142 e. The van der Waals surface area contributed by atoms with Crippen molar-refractivity contribution in [2.24, 2.45) is 0 Å². The number of hydrogen-bond donors (Lipinski definition) is 2. The Kier molecular flexibility index (Phi) is 8.38. The predicted octanol–water partition coefficient (Wildman–Crippen LogP) is 7.06. The summed E-state index contributed by atoms with van der Waals surface area (Å²) in [6.45, 7) is 0.673. The summed E-state index contributed by atoms with van der Waals surface area (Å²) < 4.78 is 27.4. The second-order valence-electron chi connectivity index (χ2n) is 10.9. The molecule has 2 N–H and O–H groups in total. The summed E-state index contributed by atoms with van der Waals surface area (Å²) in [7, 11) is 0. The molecule has 1 heterocycles. The maximum atomic E-state index is 14.6. The fourth-order valence-corrected chi connectivity index (χ4v) is 6.20. The zero-order valence-electron chi connectivity index (χ0n) is 23.0. The van der Waals surface area contributed by atoms with E-state index in [0.29, 0.717) is 34.2 Å². The van der Waals surface area contributed by atoms with Gasteiger partial charge < -0.3 is 19.9 Å². The molecular formula is C34H31ClFN3O3. The molecule has 42 heavy (non-hydrogen) atoms. The van der Waals surface area contributed by atoms with Crippen LogP contribution in [0.25, 0.3) is 11.1 Å². The van der Waals surface area contributed by atoms with Crippen LogP contribution in [0.5, 0.6) is 11.5 Å². The summed E-state index contributed by atoms with van der Waals surface area (Å²) in [6.07, 6.45) is 6.75. The average Bonchev–Trinajstić information content (AvgIpc) is 3.62. The van der Waals surface area contributed by atoms with E-state index in [9.17, 15) is 14.8 Å². The number of pyridine rings is 1. The average molecular weight is 584 g/mol. The highest BCUT2D eigenvalue weighted by Crippen LogP contribution is 2.43. The number of benzene rings is 3. The van der Waals surface area contributed by atoms with Crippen LogP contribution >= 0.6 is 11.6 Å². The van der Waals surface area contributed by atoms with Gasteiger partial charge in [-0.2, -0.15) is 5.26 Å². The first kappa shape index (κ1) is 28.2. The van der Waals surface area contributed by atoms with Gasteiger partial charge in [0.2, 0.25) is 0 Å². The highest BCUT2D eigenvalue weighted by molar-refractivity contribution is 6.32. The minimum Gasteiger partial charge on any atom is -0.488 e. The Morgan fingerprint density at radius 3 is 2.69 bits per heavy atom. The highest BCUT2D eigenvalue weighted by Gasteiger charge is 2.29. The minimum absolute atomic E-state index is 0.0164. The number of aliphatic hydroxyl groups is 1. The van der Waals surface area contributed by atoms with Crippen LogP contribution in [0.3, 0.4) is 0 Å². The second kappa shape index (κ2) is 12.5. The van der Waals surface area contributed by atoms with E-state index in [1.165, 1.54) is 12.3 Å². The third-order valence-corrected chi connectivity index (χ3v) is 8.41. The van der Waals surface area contributed by atoms with Crippen LogP contribution in [0.1, 0.15) is 59.6 Å². The van der Waals surface area contributed by atoms with Gasteiger partial charge in [-0.15, -0.1) is 0 Å². The molecule has 3 aromatic carbocycles. The van der Waals surface area contributed by atoms with Crippen molar-refractivity contribution in [3.8, 4) is 28.7 Å². The summed E-state index contributed by atoms with van der Waals surface area (Å²) in [4.78, 5) is 4.13. The fraction of sp³-hybridized carbons (Fsp3) is 0.294. The number of aromatic nitrogens is 1. The van der Waals surface area contributed by atoms with Crippen LogP contribution in [0.2, 0.25) is 5.02 Å². The first-order chi connectivity index (χ1) is 20.5. The molecule has 4 aromatic rings. The van der Waals surface area contributed by atoms with E-state index in [4.69, 9.17) is 21.1 Å². The van der Waals surface area contributed by atoms with Gasteiger partial charge in [0.1, 0.15) is 36.1 Å². The van der Waals surface area contributed by atoms with Crippen LogP contribution in [0.15, 0.2) is 73.1 Å². The predicted molar refractivity (Wildman–Crippen MR) is 159 cm³/mol. The van der Waals surface area contributed by atoms with Crippen LogP contribution in [0.4, 0.5) is 4.39 Å². The quantitative estimate of drug-likeness (QED) is 0.219. The maximum absolute atomic E-state index is 14.6. The van der Waals surface area contributed by atoms with E-state index in [1.807, 2.05) is 36.4 Å². The lowest BCUT2D eigenvalue weighted by Crippen LogP contribution is -2.35. The van der Waals surface area contributed by atoms with Gasteiger partial charge in [0.25, 0.3) is 0 Å². The van der Waals surface area contributed by atoms with Gasteiger partial charge in [-0.3, -0.25) is 4.98 Å². The van der Waals surface area contributed by atoms with Gasteiger partial charge in [-0.05, 0) is 67.0 Å². The normalized spacial score (nSPS) is 19.3. The van der Waals surface area contributed by atoms with E-state index in [0.717, 1.165) is 59.9 Å².